The molecule has 2 N–H and O–H groups in total. The van der Waals surface area contributed by atoms with Crippen LogP contribution in [0.15, 0.2) is 65.9 Å². The van der Waals surface area contributed by atoms with E-state index in [9.17, 15) is 4.79 Å². The SMILES string of the molecule is CCC1=C(NCc2ccc(OC)cc2)C(=O)NC1OCc1ccccc1. The lowest BCUT2D eigenvalue weighted by Crippen LogP contribution is -2.32. The Bertz CT molecular complexity index is 770. The van der Waals surface area contributed by atoms with Gasteiger partial charge in [-0.15, -0.1) is 0 Å². The van der Waals surface area contributed by atoms with Crippen LogP contribution in [0.3, 0.4) is 0 Å². The maximum absolute atomic E-state index is 12.4. The quantitative estimate of drug-likeness (QED) is 0.766. The van der Waals surface area contributed by atoms with Gasteiger partial charge in [0.05, 0.1) is 13.7 Å². The molecule has 136 valence electrons. The monoisotopic (exact) mass is 352 g/mol. The zero-order valence-electron chi connectivity index (χ0n) is 15.1. The van der Waals surface area contributed by atoms with E-state index in [2.05, 4.69) is 10.6 Å². The molecular formula is C21H24N2O3. The molecule has 0 aliphatic carbocycles. The molecule has 2 aromatic rings. The van der Waals surface area contributed by atoms with Crippen molar-refractivity contribution in [2.45, 2.75) is 32.7 Å². The predicted molar refractivity (Wildman–Crippen MR) is 100 cm³/mol. The summed E-state index contributed by atoms with van der Waals surface area (Å²) in [5.74, 6) is 0.698. The number of benzene rings is 2. The lowest BCUT2D eigenvalue weighted by atomic mass is 10.1. The van der Waals surface area contributed by atoms with Gasteiger partial charge in [0.25, 0.3) is 5.91 Å². The van der Waals surface area contributed by atoms with Gasteiger partial charge < -0.3 is 20.1 Å². The molecule has 1 atom stereocenters. The van der Waals surface area contributed by atoms with Crippen LogP contribution in [-0.4, -0.2) is 19.2 Å². The van der Waals surface area contributed by atoms with E-state index in [0.717, 1.165) is 28.9 Å². The third-order valence-corrected chi connectivity index (χ3v) is 4.40. The highest BCUT2D eigenvalue weighted by Crippen LogP contribution is 2.21. The fourth-order valence-electron chi connectivity index (χ4n) is 2.94. The highest BCUT2D eigenvalue weighted by Gasteiger charge is 2.31. The van der Waals surface area contributed by atoms with Crippen LogP contribution in [0.1, 0.15) is 24.5 Å². The molecule has 2 aromatic carbocycles. The van der Waals surface area contributed by atoms with Crippen LogP contribution in [0.5, 0.6) is 5.75 Å². The lowest BCUT2D eigenvalue weighted by molar-refractivity contribution is -0.119. The third-order valence-electron chi connectivity index (χ3n) is 4.40. The number of carbonyl (C=O) groups excluding carboxylic acids is 1. The van der Waals surface area contributed by atoms with Crippen molar-refractivity contribution >= 4 is 5.91 Å². The summed E-state index contributed by atoms with van der Waals surface area (Å²) in [5, 5.41) is 6.17. The topological polar surface area (TPSA) is 59.6 Å². The van der Waals surface area contributed by atoms with Crippen LogP contribution in [0.4, 0.5) is 0 Å². The van der Waals surface area contributed by atoms with Gasteiger partial charge in [0.2, 0.25) is 0 Å². The molecule has 0 aromatic heterocycles. The van der Waals surface area contributed by atoms with Gasteiger partial charge in [-0.2, -0.15) is 0 Å². The summed E-state index contributed by atoms with van der Waals surface area (Å²) in [7, 11) is 1.64. The molecule has 1 aliphatic heterocycles. The molecular weight excluding hydrogens is 328 g/mol. The van der Waals surface area contributed by atoms with Crippen LogP contribution >= 0.6 is 0 Å². The van der Waals surface area contributed by atoms with Gasteiger partial charge >= 0.3 is 0 Å². The fraction of sp³-hybridized carbons (Fsp3) is 0.286. The second-order valence-electron chi connectivity index (χ2n) is 6.11. The number of methoxy groups -OCH3 is 1. The van der Waals surface area contributed by atoms with E-state index in [1.807, 2.05) is 61.5 Å². The van der Waals surface area contributed by atoms with Crippen molar-refractivity contribution in [1.29, 1.82) is 0 Å². The first-order valence-electron chi connectivity index (χ1n) is 8.77. The van der Waals surface area contributed by atoms with Crippen LogP contribution in [-0.2, 0) is 22.7 Å². The molecule has 26 heavy (non-hydrogen) atoms. The van der Waals surface area contributed by atoms with Crippen molar-refractivity contribution in [3.63, 3.8) is 0 Å². The Labute approximate surface area is 154 Å². The summed E-state index contributed by atoms with van der Waals surface area (Å²) in [6.45, 7) is 3.06. The first kappa shape index (κ1) is 18.0. The van der Waals surface area contributed by atoms with E-state index in [4.69, 9.17) is 9.47 Å². The zero-order valence-corrected chi connectivity index (χ0v) is 15.1. The summed E-state index contributed by atoms with van der Waals surface area (Å²) >= 11 is 0. The highest BCUT2D eigenvalue weighted by atomic mass is 16.5. The molecule has 0 radical (unpaired) electrons. The number of rotatable bonds is 8. The molecule has 1 amide bonds. The Morgan fingerprint density at radius 2 is 1.77 bits per heavy atom. The minimum absolute atomic E-state index is 0.117. The van der Waals surface area contributed by atoms with Gasteiger partial charge in [-0.3, -0.25) is 4.79 Å². The van der Waals surface area contributed by atoms with Crippen LogP contribution in [0, 0.1) is 0 Å². The number of hydrogen-bond donors (Lipinski definition) is 2. The summed E-state index contributed by atoms with van der Waals surface area (Å²) in [4.78, 5) is 12.4. The maximum atomic E-state index is 12.4. The number of ether oxygens (including phenoxy) is 2. The molecule has 0 saturated heterocycles. The van der Waals surface area contributed by atoms with E-state index in [0.29, 0.717) is 18.8 Å². The van der Waals surface area contributed by atoms with Crippen molar-refractivity contribution in [3.8, 4) is 5.75 Å². The predicted octanol–water partition coefficient (Wildman–Crippen LogP) is 3.12. The van der Waals surface area contributed by atoms with E-state index in [1.54, 1.807) is 7.11 Å². The molecule has 1 aliphatic rings. The highest BCUT2D eigenvalue weighted by molar-refractivity contribution is 5.96. The Kier molecular flexibility index (Phi) is 5.92. The minimum atomic E-state index is -0.383. The Morgan fingerprint density at radius 1 is 1.04 bits per heavy atom. The number of hydrogen-bond acceptors (Lipinski definition) is 4. The third kappa shape index (κ3) is 4.24. The molecule has 3 rings (SSSR count). The van der Waals surface area contributed by atoms with Crippen molar-refractivity contribution in [1.82, 2.24) is 10.6 Å². The Morgan fingerprint density at radius 3 is 2.42 bits per heavy atom. The van der Waals surface area contributed by atoms with Gasteiger partial charge in [0.15, 0.2) is 6.23 Å². The standard InChI is InChI=1S/C21H24N2O3/c1-3-18-19(22-13-15-9-11-17(25-2)12-10-15)20(24)23-21(18)26-14-16-7-5-4-6-8-16/h4-12,21-22H,3,13-14H2,1-2H3,(H,23,24). The summed E-state index contributed by atoms with van der Waals surface area (Å²) in [5.41, 5.74) is 3.73. The molecule has 5 heteroatoms. The molecule has 1 heterocycles. The molecule has 0 bridgehead atoms. The van der Waals surface area contributed by atoms with E-state index < -0.39 is 0 Å². The van der Waals surface area contributed by atoms with Crippen LogP contribution in [0.25, 0.3) is 0 Å². The van der Waals surface area contributed by atoms with E-state index in [1.165, 1.54) is 0 Å². The molecule has 1 unspecified atom stereocenters. The Hall–Kier alpha value is -2.79. The molecule has 0 spiro atoms. The summed E-state index contributed by atoms with van der Waals surface area (Å²) < 4.78 is 11.1. The van der Waals surface area contributed by atoms with Crippen molar-refractivity contribution in [2.75, 3.05) is 7.11 Å². The second-order valence-corrected chi connectivity index (χ2v) is 6.11. The largest absolute Gasteiger partial charge is 0.497 e. The van der Waals surface area contributed by atoms with Gasteiger partial charge in [-0.1, -0.05) is 49.4 Å². The van der Waals surface area contributed by atoms with Crippen molar-refractivity contribution in [3.05, 3.63) is 77.0 Å². The first-order valence-corrected chi connectivity index (χ1v) is 8.77. The number of carbonyl (C=O) groups is 1. The number of amides is 1. The van der Waals surface area contributed by atoms with Gasteiger partial charge in [0.1, 0.15) is 11.4 Å². The molecule has 5 nitrogen and oxygen atoms in total. The first-order chi connectivity index (χ1) is 12.7. The Balaban J connectivity index is 1.64. The summed E-state index contributed by atoms with van der Waals surface area (Å²) in [6.07, 6.45) is 0.356. The van der Waals surface area contributed by atoms with Gasteiger partial charge in [0, 0.05) is 12.1 Å². The zero-order chi connectivity index (χ0) is 18.4. The lowest BCUT2D eigenvalue weighted by Gasteiger charge is -2.15. The summed E-state index contributed by atoms with van der Waals surface area (Å²) in [6, 6.07) is 17.7. The van der Waals surface area contributed by atoms with E-state index in [-0.39, 0.29) is 12.1 Å². The van der Waals surface area contributed by atoms with E-state index >= 15 is 0 Å². The normalized spacial score (nSPS) is 16.5. The van der Waals surface area contributed by atoms with Gasteiger partial charge in [-0.25, -0.2) is 0 Å². The van der Waals surface area contributed by atoms with Crippen molar-refractivity contribution < 1.29 is 14.3 Å². The fourth-order valence-corrected chi connectivity index (χ4v) is 2.94. The molecule has 0 saturated carbocycles. The number of nitrogens with one attached hydrogen (secondary N) is 2. The second kappa shape index (κ2) is 8.54. The average Bonchev–Trinajstić information content (AvgIpc) is 3.00. The minimum Gasteiger partial charge on any atom is -0.497 e. The maximum Gasteiger partial charge on any atom is 0.269 e. The smallest absolute Gasteiger partial charge is 0.269 e. The average molecular weight is 352 g/mol. The van der Waals surface area contributed by atoms with Crippen LogP contribution in [0.2, 0.25) is 0 Å². The van der Waals surface area contributed by atoms with Gasteiger partial charge in [-0.05, 0) is 29.7 Å². The van der Waals surface area contributed by atoms with Crippen molar-refractivity contribution in [2.24, 2.45) is 0 Å². The molecule has 0 fully saturated rings. The van der Waals surface area contributed by atoms with Crippen LogP contribution < -0.4 is 15.4 Å².